The first kappa shape index (κ1) is 19.7. The summed E-state index contributed by atoms with van der Waals surface area (Å²) in [5.41, 5.74) is 0.466. The summed E-state index contributed by atoms with van der Waals surface area (Å²) in [6.07, 6.45) is 1.20. The highest BCUT2D eigenvalue weighted by Crippen LogP contribution is 2.34. The minimum Gasteiger partial charge on any atom is -0.387 e. The Kier molecular flexibility index (Phi) is 5.45. The van der Waals surface area contributed by atoms with Crippen LogP contribution >= 0.6 is 0 Å². The van der Waals surface area contributed by atoms with Gasteiger partial charge in [-0.2, -0.15) is 18.3 Å². The van der Waals surface area contributed by atoms with Gasteiger partial charge in [0.2, 0.25) is 0 Å². The number of hydrogen-bond acceptors (Lipinski definition) is 5. The highest BCUT2D eigenvalue weighted by Gasteiger charge is 2.44. The van der Waals surface area contributed by atoms with E-state index in [1.165, 1.54) is 0 Å². The van der Waals surface area contributed by atoms with Gasteiger partial charge in [-0.05, 0) is 33.2 Å². The SMILES string of the molecule is CC(C)n1cc(CN2CCCC3(CC(C(=O)NCC(F)(F)F)=NO3)C2)cn1. The Morgan fingerprint density at radius 3 is 2.89 bits per heavy atom. The molecule has 0 aromatic carbocycles. The van der Waals surface area contributed by atoms with Crippen LogP contribution in [0.3, 0.4) is 0 Å². The lowest BCUT2D eigenvalue weighted by Crippen LogP contribution is -2.48. The van der Waals surface area contributed by atoms with E-state index in [0.29, 0.717) is 19.5 Å². The number of alkyl halides is 3. The molecular formula is C17H24F3N5O2. The molecule has 1 amide bonds. The summed E-state index contributed by atoms with van der Waals surface area (Å²) in [6, 6.07) is 0.288. The van der Waals surface area contributed by atoms with E-state index in [9.17, 15) is 18.0 Å². The van der Waals surface area contributed by atoms with Gasteiger partial charge in [-0.15, -0.1) is 0 Å². The first-order valence-electron chi connectivity index (χ1n) is 9.01. The fourth-order valence-electron chi connectivity index (χ4n) is 3.47. The maximum Gasteiger partial charge on any atom is 0.405 e. The summed E-state index contributed by atoms with van der Waals surface area (Å²) in [5.74, 6) is -0.820. The Morgan fingerprint density at radius 1 is 1.44 bits per heavy atom. The molecule has 1 unspecified atom stereocenters. The van der Waals surface area contributed by atoms with E-state index < -0.39 is 24.2 Å². The quantitative estimate of drug-likeness (QED) is 0.841. The second kappa shape index (κ2) is 7.49. The third kappa shape index (κ3) is 5.00. The van der Waals surface area contributed by atoms with Gasteiger partial charge in [0.1, 0.15) is 12.3 Å². The fraction of sp³-hybridized carbons (Fsp3) is 0.706. The summed E-state index contributed by atoms with van der Waals surface area (Å²) >= 11 is 0. The highest BCUT2D eigenvalue weighted by atomic mass is 19.4. The number of nitrogens with zero attached hydrogens (tertiary/aromatic N) is 4. The smallest absolute Gasteiger partial charge is 0.387 e. The number of nitrogens with one attached hydrogen (secondary N) is 1. The van der Waals surface area contributed by atoms with E-state index in [4.69, 9.17) is 4.84 Å². The Labute approximate surface area is 155 Å². The number of halogens is 3. The van der Waals surface area contributed by atoms with Crippen molar-refractivity contribution >= 4 is 11.6 Å². The molecule has 0 aliphatic carbocycles. The summed E-state index contributed by atoms with van der Waals surface area (Å²) in [7, 11) is 0. The van der Waals surface area contributed by atoms with E-state index in [2.05, 4.69) is 29.0 Å². The third-order valence-corrected chi connectivity index (χ3v) is 4.76. The summed E-state index contributed by atoms with van der Waals surface area (Å²) < 4.78 is 38.7. The molecule has 1 atom stereocenters. The Hall–Kier alpha value is -2.10. The average Bonchev–Trinajstić information content (AvgIpc) is 3.20. The van der Waals surface area contributed by atoms with Crippen LogP contribution in [0.5, 0.6) is 0 Å². The van der Waals surface area contributed by atoms with Gasteiger partial charge in [0.15, 0.2) is 5.60 Å². The second-order valence-corrected chi connectivity index (χ2v) is 7.52. The van der Waals surface area contributed by atoms with Crippen molar-refractivity contribution < 1.29 is 22.8 Å². The maximum atomic E-state index is 12.3. The van der Waals surface area contributed by atoms with Crippen LogP contribution in [0.15, 0.2) is 17.5 Å². The largest absolute Gasteiger partial charge is 0.405 e. The standard InChI is InChI=1S/C17H24F3N5O2/c1-12(2)25-9-13(7-22-25)8-24-5-3-4-16(11-24)6-14(23-27-16)15(26)21-10-17(18,19)20/h7,9,12H,3-6,8,10-11H2,1-2H3,(H,21,26). The molecule has 0 radical (unpaired) electrons. The van der Waals surface area contributed by atoms with Crippen molar-refractivity contribution in [2.45, 2.75) is 57.5 Å². The van der Waals surface area contributed by atoms with Gasteiger partial charge in [0, 0.05) is 37.3 Å². The van der Waals surface area contributed by atoms with Crippen LogP contribution < -0.4 is 5.32 Å². The molecule has 1 N–H and O–H groups in total. The minimum absolute atomic E-state index is 0.0220. The molecule has 27 heavy (non-hydrogen) atoms. The zero-order valence-electron chi connectivity index (χ0n) is 15.4. The number of carbonyl (C=O) groups excluding carboxylic acids is 1. The first-order chi connectivity index (χ1) is 12.7. The van der Waals surface area contributed by atoms with Gasteiger partial charge in [-0.1, -0.05) is 5.16 Å². The molecular weight excluding hydrogens is 363 g/mol. The summed E-state index contributed by atoms with van der Waals surface area (Å²) in [4.78, 5) is 19.7. The van der Waals surface area contributed by atoms with Crippen molar-refractivity contribution in [3.05, 3.63) is 18.0 Å². The summed E-state index contributed by atoms with van der Waals surface area (Å²) in [6.45, 7) is 4.90. The summed E-state index contributed by atoms with van der Waals surface area (Å²) in [5, 5.41) is 9.96. The predicted molar refractivity (Wildman–Crippen MR) is 92.1 cm³/mol. The number of piperidine rings is 1. The highest BCUT2D eigenvalue weighted by molar-refractivity contribution is 6.39. The molecule has 7 nitrogen and oxygen atoms in total. The van der Waals surface area contributed by atoms with Crippen LogP contribution in [0.25, 0.3) is 0 Å². The monoisotopic (exact) mass is 387 g/mol. The van der Waals surface area contributed by atoms with Crippen LogP contribution in [-0.2, 0) is 16.2 Å². The number of oxime groups is 1. The van der Waals surface area contributed by atoms with Crippen molar-refractivity contribution in [1.82, 2.24) is 20.0 Å². The molecule has 3 rings (SSSR count). The van der Waals surface area contributed by atoms with Crippen LogP contribution in [0, 0.1) is 0 Å². The van der Waals surface area contributed by atoms with E-state index in [-0.39, 0.29) is 18.2 Å². The van der Waals surface area contributed by atoms with Crippen molar-refractivity contribution in [3.8, 4) is 0 Å². The van der Waals surface area contributed by atoms with Crippen molar-refractivity contribution in [3.63, 3.8) is 0 Å². The van der Waals surface area contributed by atoms with E-state index >= 15 is 0 Å². The zero-order valence-corrected chi connectivity index (χ0v) is 15.4. The lowest BCUT2D eigenvalue weighted by atomic mass is 9.88. The number of carbonyl (C=O) groups is 1. The second-order valence-electron chi connectivity index (χ2n) is 7.52. The Morgan fingerprint density at radius 2 is 2.22 bits per heavy atom. The number of amides is 1. The van der Waals surface area contributed by atoms with E-state index in [0.717, 1.165) is 18.5 Å². The lowest BCUT2D eigenvalue weighted by Gasteiger charge is -2.38. The maximum absolute atomic E-state index is 12.3. The molecule has 0 saturated carbocycles. The molecule has 2 aliphatic rings. The molecule has 1 spiro atoms. The van der Waals surface area contributed by atoms with Crippen LogP contribution in [0.4, 0.5) is 13.2 Å². The van der Waals surface area contributed by atoms with Gasteiger partial charge >= 0.3 is 6.18 Å². The molecule has 0 bridgehead atoms. The van der Waals surface area contributed by atoms with E-state index in [1.54, 1.807) is 0 Å². The number of likely N-dealkylation sites (tertiary alicyclic amines) is 1. The molecule has 1 saturated heterocycles. The number of rotatable bonds is 5. The predicted octanol–water partition coefficient (Wildman–Crippen LogP) is 2.25. The Bertz CT molecular complexity index is 716. The molecule has 3 heterocycles. The van der Waals surface area contributed by atoms with Gasteiger partial charge in [-0.3, -0.25) is 14.4 Å². The number of aromatic nitrogens is 2. The fourth-order valence-corrected chi connectivity index (χ4v) is 3.47. The number of hydrogen-bond donors (Lipinski definition) is 1. The Balaban J connectivity index is 1.55. The lowest BCUT2D eigenvalue weighted by molar-refractivity contribution is -0.134. The third-order valence-electron chi connectivity index (χ3n) is 4.76. The van der Waals surface area contributed by atoms with Crippen molar-refractivity contribution in [1.29, 1.82) is 0 Å². The zero-order chi connectivity index (χ0) is 19.7. The average molecular weight is 387 g/mol. The molecule has 10 heteroatoms. The van der Waals surface area contributed by atoms with Crippen LogP contribution in [0.2, 0.25) is 0 Å². The van der Waals surface area contributed by atoms with E-state index in [1.807, 2.05) is 22.4 Å². The van der Waals surface area contributed by atoms with Gasteiger partial charge in [0.25, 0.3) is 5.91 Å². The van der Waals surface area contributed by atoms with Gasteiger partial charge in [-0.25, -0.2) is 0 Å². The molecule has 1 fully saturated rings. The molecule has 1 aromatic rings. The molecule has 2 aliphatic heterocycles. The molecule has 150 valence electrons. The van der Waals surface area contributed by atoms with Crippen LogP contribution in [0.1, 0.15) is 44.7 Å². The molecule has 1 aromatic heterocycles. The first-order valence-corrected chi connectivity index (χ1v) is 9.01. The normalized spacial score (nSPS) is 23.6. The topological polar surface area (TPSA) is 71.8 Å². The minimum atomic E-state index is -4.45. The van der Waals surface area contributed by atoms with Crippen LogP contribution in [-0.4, -0.2) is 57.7 Å². The van der Waals surface area contributed by atoms with Crippen molar-refractivity contribution in [2.24, 2.45) is 5.16 Å². The van der Waals surface area contributed by atoms with Crippen molar-refractivity contribution in [2.75, 3.05) is 19.6 Å². The van der Waals surface area contributed by atoms with Gasteiger partial charge < -0.3 is 10.2 Å². The van der Waals surface area contributed by atoms with Gasteiger partial charge in [0.05, 0.1) is 6.20 Å².